The number of pyridine rings is 3. The Kier molecular flexibility index (Phi) is 5.52. The molecule has 0 aliphatic heterocycles. The van der Waals surface area contributed by atoms with Gasteiger partial charge in [-0.3, -0.25) is 14.7 Å². The summed E-state index contributed by atoms with van der Waals surface area (Å²) in [5.41, 5.74) is 4.46. The SMILES string of the molecule is C#Cc1cncc(-c2ccc(NS(C)(=O)=O)c(Oc3c(C)cc(C)nc3C)n2)c1. The van der Waals surface area contributed by atoms with Gasteiger partial charge in [-0.05, 0) is 50.6 Å². The third-order valence-electron chi connectivity index (χ3n) is 4.01. The number of terminal acetylenes is 1. The first-order valence-electron chi connectivity index (χ1n) is 8.70. The number of aryl methyl sites for hydroxylation is 3. The number of rotatable bonds is 5. The normalized spacial score (nSPS) is 11.0. The molecule has 3 heterocycles. The van der Waals surface area contributed by atoms with Crippen molar-refractivity contribution >= 4 is 15.7 Å². The maximum Gasteiger partial charge on any atom is 0.244 e. The fourth-order valence-corrected chi connectivity index (χ4v) is 3.43. The van der Waals surface area contributed by atoms with Crippen molar-refractivity contribution in [1.82, 2.24) is 15.0 Å². The van der Waals surface area contributed by atoms with Crippen LogP contribution in [-0.2, 0) is 10.0 Å². The summed E-state index contributed by atoms with van der Waals surface area (Å²) in [5, 5.41) is 0. The Labute approximate surface area is 170 Å². The molecular formula is C21H20N4O3S. The second-order valence-electron chi connectivity index (χ2n) is 6.63. The van der Waals surface area contributed by atoms with Crippen LogP contribution in [0.3, 0.4) is 0 Å². The molecule has 0 fully saturated rings. The van der Waals surface area contributed by atoms with Crippen LogP contribution < -0.4 is 9.46 Å². The van der Waals surface area contributed by atoms with Gasteiger partial charge in [-0.15, -0.1) is 6.42 Å². The summed E-state index contributed by atoms with van der Waals surface area (Å²) in [4.78, 5) is 13.1. The summed E-state index contributed by atoms with van der Waals surface area (Å²) in [6, 6.07) is 6.92. The molecule has 0 spiro atoms. The van der Waals surface area contributed by atoms with E-state index in [9.17, 15) is 8.42 Å². The lowest BCUT2D eigenvalue weighted by Crippen LogP contribution is -2.11. The van der Waals surface area contributed by atoms with Crippen molar-refractivity contribution in [3.63, 3.8) is 0 Å². The molecule has 0 radical (unpaired) electrons. The Hall–Kier alpha value is -3.44. The van der Waals surface area contributed by atoms with Crippen molar-refractivity contribution in [3.8, 4) is 35.2 Å². The zero-order valence-electron chi connectivity index (χ0n) is 16.5. The number of sulfonamides is 1. The van der Waals surface area contributed by atoms with Crippen LogP contribution in [0.5, 0.6) is 11.6 Å². The number of anilines is 1. The summed E-state index contributed by atoms with van der Waals surface area (Å²) < 4.78 is 32.0. The van der Waals surface area contributed by atoms with Gasteiger partial charge in [-0.25, -0.2) is 13.4 Å². The van der Waals surface area contributed by atoms with E-state index in [0.29, 0.717) is 28.3 Å². The van der Waals surface area contributed by atoms with Crippen LogP contribution in [-0.4, -0.2) is 29.6 Å². The lowest BCUT2D eigenvalue weighted by atomic mass is 10.1. The minimum atomic E-state index is -3.53. The minimum absolute atomic E-state index is 0.107. The van der Waals surface area contributed by atoms with E-state index in [-0.39, 0.29) is 11.6 Å². The van der Waals surface area contributed by atoms with Gasteiger partial charge >= 0.3 is 0 Å². The number of aromatic nitrogens is 3. The van der Waals surface area contributed by atoms with Crippen molar-refractivity contribution in [2.24, 2.45) is 0 Å². The molecule has 0 atom stereocenters. The molecule has 3 rings (SSSR count). The maximum absolute atomic E-state index is 11.8. The molecular weight excluding hydrogens is 388 g/mol. The van der Waals surface area contributed by atoms with Crippen LogP contribution in [0.25, 0.3) is 11.3 Å². The Morgan fingerprint density at radius 3 is 2.52 bits per heavy atom. The van der Waals surface area contributed by atoms with E-state index >= 15 is 0 Å². The Morgan fingerprint density at radius 1 is 1.10 bits per heavy atom. The highest BCUT2D eigenvalue weighted by molar-refractivity contribution is 7.92. The monoisotopic (exact) mass is 408 g/mol. The molecule has 0 amide bonds. The zero-order chi connectivity index (χ0) is 21.2. The minimum Gasteiger partial charge on any atom is -0.435 e. The largest absolute Gasteiger partial charge is 0.435 e. The van der Waals surface area contributed by atoms with E-state index < -0.39 is 10.0 Å². The van der Waals surface area contributed by atoms with Crippen LogP contribution >= 0.6 is 0 Å². The van der Waals surface area contributed by atoms with Gasteiger partial charge < -0.3 is 4.74 Å². The van der Waals surface area contributed by atoms with Crippen LogP contribution in [0.2, 0.25) is 0 Å². The average Bonchev–Trinajstić information content (AvgIpc) is 2.64. The van der Waals surface area contributed by atoms with Crippen molar-refractivity contribution in [3.05, 3.63) is 59.2 Å². The van der Waals surface area contributed by atoms with Crippen molar-refractivity contribution in [2.45, 2.75) is 20.8 Å². The van der Waals surface area contributed by atoms with Crippen LogP contribution in [0, 0.1) is 33.1 Å². The predicted molar refractivity (Wildman–Crippen MR) is 112 cm³/mol. The second kappa shape index (κ2) is 7.89. The first-order chi connectivity index (χ1) is 13.7. The third kappa shape index (κ3) is 4.89. The third-order valence-corrected chi connectivity index (χ3v) is 4.60. The first-order valence-corrected chi connectivity index (χ1v) is 10.6. The highest BCUT2D eigenvalue weighted by Crippen LogP contribution is 2.34. The van der Waals surface area contributed by atoms with Gasteiger partial charge in [0.25, 0.3) is 0 Å². The standard InChI is InChI=1S/C21H20N4O3S/c1-6-16-10-17(12-22-11-16)18-7-8-19(25-29(5,26)27)21(24-18)28-20-13(2)9-14(3)23-15(20)4/h1,7-12,25H,2-5H3. The predicted octanol–water partition coefficient (Wildman–Crippen LogP) is 3.61. The lowest BCUT2D eigenvalue weighted by Gasteiger charge is -2.15. The van der Waals surface area contributed by atoms with E-state index in [1.165, 1.54) is 0 Å². The summed E-state index contributed by atoms with van der Waals surface area (Å²) in [7, 11) is -3.53. The molecule has 7 nitrogen and oxygen atoms in total. The molecule has 1 N–H and O–H groups in total. The quantitative estimate of drug-likeness (QED) is 0.648. The lowest BCUT2D eigenvalue weighted by molar-refractivity contribution is 0.455. The Bertz CT molecular complexity index is 1210. The smallest absolute Gasteiger partial charge is 0.244 e. The van der Waals surface area contributed by atoms with Gasteiger partial charge in [0.05, 0.1) is 17.6 Å². The van der Waals surface area contributed by atoms with E-state index in [4.69, 9.17) is 11.2 Å². The van der Waals surface area contributed by atoms with E-state index in [1.807, 2.05) is 26.8 Å². The van der Waals surface area contributed by atoms with Gasteiger partial charge in [0.2, 0.25) is 15.9 Å². The Morgan fingerprint density at radius 2 is 1.86 bits per heavy atom. The number of nitrogens with zero attached hydrogens (tertiary/aromatic N) is 3. The molecule has 3 aromatic rings. The van der Waals surface area contributed by atoms with E-state index in [2.05, 4.69) is 25.6 Å². The molecule has 3 aromatic heterocycles. The molecule has 0 unspecified atom stereocenters. The number of nitrogens with one attached hydrogen (secondary N) is 1. The molecule has 0 aliphatic carbocycles. The van der Waals surface area contributed by atoms with Crippen molar-refractivity contribution in [1.29, 1.82) is 0 Å². The van der Waals surface area contributed by atoms with Crippen LogP contribution in [0.15, 0.2) is 36.7 Å². The summed E-state index contributed by atoms with van der Waals surface area (Å²) >= 11 is 0. The number of hydrogen-bond donors (Lipinski definition) is 1. The van der Waals surface area contributed by atoms with Crippen LogP contribution in [0.1, 0.15) is 22.5 Å². The highest BCUT2D eigenvalue weighted by atomic mass is 32.2. The van der Waals surface area contributed by atoms with Gasteiger partial charge in [0, 0.05) is 29.2 Å². The number of hydrogen-bond acceptors (Lipinski definition) is 6. The average molecular weight is 408 g/mol. The maximum atomic E-state index is 11.8. The van der Waals surface area contributed by atoms with Gasteiger partial charge in [-0.2, -0.15) is 0 Å². The summed E-state index contributed by atoms with van der Waals surface area (Å²) in [6.45, 7) is 5.61. The van der Waals surface area contributed by atoms with Crippen molar-refractivity contribution < 1.29 is 13.2 Å². The van der Waals surface area contributed by atoms with Crippen molar-refractivity contribution in [2.75, 3.05) is 11.0 Å². The second-order valence-corrected chi connectivity index (χ2v) is 8.38. The van der Waals surface area contributed by atoms with Crippen LogP contribution in [0.4, 0.5) is 5.69 Å². The van der Waals surface area contributed by atoms with E-state index in [0.717, 1.165) is 17.5 Å². The summed E-state index contributed by atoms with van der Waals surface area (Å²) in [6.07, 6.45) is 9.71. The van der Waals surface area contributed by atoms with Gasteiger partial charge in [-0.1, -0.05) is 5.92 Å². The fraction of sp³-hybridized carbons (Fsp3) is 0.190. The topological polar surface area (TPSA) is 94.1 Å². The molecule has 0 aromatic carbocycles. The number of ether oxygens (including phenoxy) is 1. The Balaban J connectivity index is 2.12. The molecule has 148 valence electrons. The first kappa shape index (κ1) is 20.3. The van der Waals surface area contributed by atoms with E-state index in [1.54, 1.807) is 30.6 Å². The fourth-order valence-electron chi connectivity index (χ4n) is 2.88. The highest BCUT2D eigenvalue weighted by Gasteiger charge is 2.16. The summed E-state index contributed by atoms with van der Waals surface area (Å²) in [5.74, 6) is 3.16. The molecule has 0 aliphatic rings. The molecule has 29 heavy (non-hydrogen) atoms. The van der Waals surface area contributed by atoms with Gasteiger partial charge in [0.15, 0.2) is 5.75 Å². The molecule has 0 saturated heterocycles. The molecule has 8 heteroatoms. The zero-order valence-corrected chi connectivity index (χ0v) is 17.3. The van der Waals surface area contributed by atoms with Gasteiger partial charge in [0.1, 0.15) is 5.69 Å². The molecule has 0 saturated carbocycles. The molecule has 0 bridgehead atoms.